The van der Waals surface area contributed by atoms with Crippen LogP contribution in [0.15, 0.2) is 41.7 Å². The minimum atomic E-state index is -0.332. The van der Waals surface area contributed by atoms with E-state index in [1.54, 1.807) is 12.3 Å². The van der Waals surface area contributed by atoms with Crippen LogP contribution in [0.3, 0.4) is 0 Å². The van der Waals surface area contributed by atoms with Gasteiger partial charge in [-0.1, -0.05) is 19.9 Å². The molecule has 0 bridgehead atoms. The fourth-order valence-electron chi connectivity index (χ4n) is 3.74. The molecule has 0 spiro atoms. The van der Waals surface area contributed by atoms with E-state index in [1.165, 1.54) is 0 Å². The minimum absolute atomic E-state index is 0.0755. The molecule has 5 N–H and O–H groups in total. The molecule has 1 amide bonds. The van der Waals surface area contributed by atoms with Crippen LogP contribution < -0.4 is 16.8 Å². The summed E-state index contributed by atoms with van der Waals surface area (Å²) in [6, 6.07) is 3.80. The maximum absolute atomic E-state index is 12.0. The summed E-state index contributed by atoms with van der Waals surface area (Å²) in [5.41, 5.74) is 15.0. The summed E-state index contributed by atoms with van der Waals surface area (Å²) in [6.45, 7) is 8.31. The van der Waals surface area contributed by atoms with Gasteiger partial charge in [-0.3, -0.25) is 0 Å². The van der Waals surface area contributed by atoms with Crippen LogP contribution in [-0.4, -0.2) is 28.6 Å². The Kier molecular flexibility index (Phi) is 7.36. The van der Waals surface area contributed by atoms with Crippen molar-refractivity contribution in [1.29, 1.82) is 0 Å². The number of hydrogen-bond donors (Lipinski definition) is 3. The molecule has 2 unspecified atom stereocenters. The summed E-state index contributed by atoms with van der Waals surface area (Å²) in [5.74, 6) is 0.970. The molecule has 2 fully saturated rings. The number of nitrogens with one attached hydrogen (secondary N) is 1. The van der Waals surface area contributed by atoms with Crippen molar-refractivity contribution in [1.82, 2.24) is 10.3 Å². The maximum Gasteiger partial charge on any atom is 0.407 e. The Labute approximate surface area is 185 Å². The van der Waals surface area contributed by atoms with Gasteiger partial charge in [0.25, 0.3) is 0 Å². The van der Waals surface area contributed by atoms with Gasteiger partial charge < -0.3 is 21.5 Å². The number of nitrogens with zero attached hydrogens (tertiary/aromatic N) is 2. The number of amidine groups is 1. The fraction of sp³-hybridized carbons (Fsp3) is 0.542. The molecule has 0 aliphatic heterocycles. The summed E-state index contributed by atoms with van der Waals surface area (Å²) in [6.07, 6.45) is 10.6. The van der Waals surface area contributed by atoms with Gasteiger partial charge in [0.15, 0.2) is 5.82 Å². The van der Waals surface area contributed by atoms with E-state index < -0.39 is 0 Å². The van der Waals surface area contributed by atoms with Crippen LogP contribution in [0.4, 0.5) is 10.6 Å². The Morgan fingerprint density at radius 2 is 2.16 bits per heavy atom. The summed E-state index contributed by atoms with van der Waals surface area (Å²) in [7, 11) is 0. The van der Waals surface area contributed by atoms with Crippen LogP contribution in [0, 0.1) is 5.92 Å². The molecular weight excluding hydrogens is 390 g/mol. The van der Waals surface area contributed by atoms with Crippen molar-refractivity contribution in [2.24, 2.45) is 22.4 Å². The molecule has 2 saturated carbocycles. The van der Waals surface area contributed by atoms with E-state index in [9.17, 15) is 4.79 Å². The minimum Gasteiger partial charge on any atom is -0.446 e. The van der Waals surface area contributed by atoms with Crippen molar-refractivity contribution >= 4 is 23.3 Å². The zero-order valence-corrected chi connectivity index (χ0v) is 18.7. The number of hydrogen-bond acceptors (Lipinski definition) is 5. The molecule has 0 radical (unpaired) electrons. The van der Waals surface area contributed by atoms with Gasteiger partial charge in [0.1, 0.15) is 11.9 Å². The summed E-state index contributed by atoms with van der Waals surface area (Å²) < 4.78 is 5.55. The van der Waals surface area contributed by atoms with E-state index in [-0.39, 0.29) is 23.7 Å². The first-order chi connectivity index (χ1) is 14.8. The molecule has 1 heterocycles. The van der Waals surface area contributed by atoms with Gasteiger partial charge in [-0.15, -0.1) is 0 Å². The average Bonchev–Trinajstić information content (AvgIpc) is 3.25. The molecule has 0 aromatic carbocycles. The monoisotopic (exact) mass is 425 g/mol. The quantitative estimate of drug-likeness (QED) is 0.396. The second-order valence-corrected chi connectivity index (χ2v) is 9.02. The van der Waals surface area contributed by atoms with Gasteiger partial charge >= 0.3 is 6.09 Å². The van der Waals surface area contributed by atoms with Crippen molar-refractivity contribution in [2.75, 3.05) is 0 Å². The highest BCUT2D eigenvalue weighted by Crippen LogP contribution is 2.35. The molecule has 31 heavy (non-hydrogen) atoms. The van der Waals surface area contributed by atoms with E-state index in [0.717, 1.165) is 56.1 Å². The third-order valence-electron chi connectivity index (χ3n) is 6.08. The number of aromatic nitrogens is 1. The first-order valence-electron chi connectivity index (χ1n) is 11.2. The van der Waals surface area contributed by atoms with Gasteiger partial charge in [0, 0.05) is 23.4 Å². The lowest BCUT2D eigenvalue weighted by Crippen LogP contribution is -2.36. The molecule has 0 saturated heterocycles. The van der Waals surface area contributed by atoms with Crippen molar-refractivity contribution in [2.45, 2.75) is 76.9 Å². The number of ether oxygens (including phenoxy) is 1. The number of rotatable bonds is 9. The molecule has 3 rings (SSSR count). The Morgan fingerprint density at radius 3 is 2.81 bits per heavy atom. The average molecular weight is 426 g/mol. The predicted octanol–water partition coefficient (Wildman–Crippen LogP) is 4.56. The lowest BCUT2D eigenvalue weighted by Gasteiger charge is -2.16. The number of unbranched alkanes of at least 4 members (excludes halogenated alkanes) is 1. The van der Waals surface area contributed by atoms with Gasteiger partial charge in [-0.05, 0) is 81.2 Å². The number of pyridine rings is 1. The van der Waals surface area contributed by atoms with Gasteiger partial charge in [-0.25, -0.2) is 14.8 Å². The number of carbonyl (C=O) groups excluding carboxylic acids is 1. The van der Waals surface area contributed by atoms with Crippen LogP contribution in [0.2, 0.25) is 0 Å². The molecule has 2 atom stereocenters. The molecule has 168 valence electrons. The number of amides is 1. The van der Waals surface area contributed by atoms with Crippen LogP contribution in [0.5, 0.6) is 0 Å². The lowest BCUT2D eigenvalue weighted by atomic mass is 10.0. The maximum atomic E-state index is 12.0. The smallest absolute Gasteiger partial charge is 0.407 e. The highest BCUT2D eigenvalue weighted by molar-refractivity contribution is 5.93. The predicted molar refractivity (Wildman–Crippen MR) is 125 cm³/mol. The molecule has 7 heteroatoms. The van der Waals surface area contributed by atoms with Crippen LogP contribution in [-0.2, 0) is 4.74 Å². The van der Waals surface area contributed by atoms with Crippen LogP contribution in [0.1, 0.15) is 70.8 Å². The molecular formula is C24H35N5O2. The Hall–Kier alpha value is -2.83. The van der Waals surface area contributed by atoms with Crippen molar-refractivity contribution in [3.63, 3.8) is 0 Å². The van der Waals surface area contributed by atoms with Crippen LogP contribution >= 0.6 is 0 Å². The van der Waals surface area contributed by atoms with Crippen LogP contribution in [0.25, 0.3) is 5.57 Å². The SMILES string of the molecule is C=C(CCCC)c1ccc(N=C(N)/C=C(\N)C2CCC(OC(=O)NC3(C)CC3)C2)nc1. The fourth-order valence-corrected chi connectivity index (χ4v) is 3.74. The molecule has 7 nitrogen and oxygen atoms in total. The van der Waals surface area contributed by atoms with E-state index in [1.807, 2.05) is 19.1 Å². The highest BCUT2D eigenvalue weighted by atomic mass is 16.6. The van der Waals surface area contributed by atoms with E-state index in [2.05, 4.69) is 28.8 Å². The van der Waals surface area contributed by atoms with E-state index >= 15 is 0 Å². The summed E-state index contributed by atoms with van der Waals surface area (Å²) in [4.78, 5) is 20.7. The Balaban J connectivity index is 1.51. The first kappa shape index (κ1) is 22.8. The van der Waals surface area contributed by atoms with Crippen molar-refractivity contribution in [3.8, 4) is 0 Å². The van der Waals surface area contributed by atoms with Gasteiger partial charge in [0.2, 0.25) is 0 Å². The van der Waals surface area contributed by atoms with E-state index in [0.29, 0.717) is 23.8 Å². The summed E-state index contributed by atoms with van der Waals surface area (Å²) >= 11 is 0. The lowest BCUT2D eigenvalue weighted by molar-refractivity contribution is 0.0960. The van der Waals surface area contributed by atoms with Gasteiger partial charge in [0.05, 0.1) is 0 Å². The molecule has 2 aliphatic carbocycles. The standard InChI is InChI=1S/C24H35N5O2/c1-4-5-6-16(2)18-8-10-22(27-15-18)28-21(26)14-20(25)17-7-9-19(13-17)31-23(30)29-24(3)11-12-24/h8,10,14-15,17,19H,2,4-7,9,11-13,25H2,1,3H3,(H,29,30)(H2,26,27,28)/b20-14-. The molecule has 1 aromatic rings. The second kappa shape index (κ2) is 9.98. The number of alkyl carbamates (subject to hydrolysis) is 1. The van der Waals surface area contributed by atoms with Crippen molar-refractivity contribution < 1.29 is 9.53 Å². The third kappa shape index (κ3) is 6.84. The normalized spacial score (nSPS) is 22.8. The topological polar surface area (TPSA) is 116 Å². The Morgan fingerprint density at radius 1 is 1.39 bits per heavy atom. The number of carbonyl (C=O) groups is 1. The highest BCUT2D eigenvalue weighted by Gasteiger charge is 2.40. The largest absolute Gasteiger partial charge is 0.446 e. The number of nitrogens with two attached hydrogens (primary N) is 2. The third-order valence-corrected chi connectivity index (χ3v) is 6.08. The van der Waals surface area contributed by atoms with Gasteiger partial charge in [-0.2, -0.15) is 0 Å². The number of aliphatic imine (C=N–C) groups is 1. The molecule has 2 aliphatic rings. The second-order valence-electron chi connectivity index (χ2n) is 9.02. The molecule has 1 aromatic heterocycles. The summed E-state index contributed by atoms with van der Waals surface area (Å²) in [5, 5.41) is 2.92. The first-order valence-corrected chi connectivity index (χ1v) is 11.2. The van der Waals surface area contributed by atoms with E-state index in [4.69, 9.17) is 16.2 Å². The zero-order chi connectivity index (χ0) is 22.4. The van der Waals surface area contributed by atoms with Crippen molar-refractivity contribution in [3.05, 3.63) is 42.2 Å². The Bertz CT molecular complexity index is 855. The zero-order valence-electron chi connectivity index (χ0n) is 18.7. The number of allylic oxidation sites excluding steroid dienone is 2.